The molecule has 0 spiro atoms. The molecular formula is C23H26N6O2. The molecule has 2 N–H and O–H groups in total. The molecule has 8 nitrogen and oxygen atoms in total. The first kappa shape index (κ1) is 19.7. The van der Waals surface area contributed by atoms with E-state index in [9.17, 15) is 9.90 Å². The number of aliphatic hydroxyl groups is 1. The number of fused-ring (bicyclic) bond motifs is 2. The van der Waals surface area contributed by atoms with E-state index >= 15 is 0 Å². The Hall–Kier alpha value is -3.26. The molecule has 0 radical (unpaired) electrons. The van der Waals surface area contributed by atoms with Gasteiger partial charge in [-0.2, -0.15) is 9.61 Å². The number of ketones is 1. The number of aliphatic hydroxyl groups excluding tert-OH is 1. The van der Waals surface area contributed by atoms with Gasteiger partial charge in [0.15, 0.2) is 11.4 Å². The van der Waals surface area contributed by atoms with Crippen LogP contribution in [-0.4, -0.2) is 48.2 Å². The van der Waals surface area contributed by atoms with Gasteiger partial charge in [0.2, 0.25) is 0 Å². The molecule has 1 aliphatic carbocycles. The summed E-state index contributed by atoms with van der Waals surface area (Å²) in [4.78, 5) is 22.4. The van der Waals surface area contributed by atoms with Crippen molar-refractivity contribution in [2.75, 3.05) is 12.4 Å². The molecule has 0 aliphatic heterocycles. The maximum absolute atomic E-state index is 13.0. The number of nitrogens with zero attached hydrogens (tertiary/aromatic N) is 5. The molecule has 0 amide bonds. The van der Waals surface area contributed by atoms with Crippen molar-refractivity contribution in [1.29, 1.82) is 0 Å². The standard InChI is InChI=1S/C23H26N6O2/c1-13(2)28-12-17(15-5-4-8-25-22(15)28)18-10-21(24-3)29-23(27-18)16(11-26-29)20(31)9-14-6-7-19(14)30/h4-5,8,10-14,19,24,30H,6-7,9H2,1-3H3/t14?,19-/m1/s1. The van der Waals surface area contributed by atoms with Gasteiger partial charge in [0.25, 0.3) is 0 Å². The Morgan fingerprint density at radius 3 is 2.84 bits per heavy atom. The maximum Gasteiger partial charge on any atom is 0.168 e. The maximum atomic E-state index is 13.0. The van der Waals surface area contributed by atoms with Crippen LogP contribution in [0.2, 0.25) is 0 Å². The highest BCUT2D eigenvalue weighted by Gasteiger charge is 2.32. The fourth-order valence-corrected chi connectivity index (χ4v) is 4.29. The molecule has 1 aliphatic rings. The molecule has 31 heavy (non-hydrogen) atoms. The zero-order valence-corrected chi connectivity index (χ0v) is 17.9. The van der Waals surface area contributed by atoms with E-state index in [1.165, 1.54) is 0 Å². The van der Waals surface area contributed by atoms with E-state index in [0.717, 1.165) is 41.0 Å². The number of carbonyl (C=O) groups is 1. The van der Waals surface area contributed by atoms with Gasteiger partial charge >= 0.3 is 0 Å². The lowest BCUT2D eigenvalue weighted by Crippen LogP contribution is -2.32. The predicted octanol–water partition coefficient (Wildman–Crippen LogP) is 3.71. The fraction of sp³-hybridized carbons (Fsp3) is 0.391. The van der Waals surface area contributed by atoms with Gasteiger partial charge < -0.3 is 15.0 Å². The third-order valence-electron chi connectivity index (χ3n) is 6.28. The smallest absolute Gasteiger partial charge is 0.168 e. The van der Waals surface area contributed by atoms with Crippen molar-refractivity contribution in [2.45, 2.75) is 45.3 Å². The summed E-state index contributed by atoms with van der Waals surface area (Å²) in [5, 5.41) is 18.5. The van der Waals surface area contributed by atoms with Crippen LogP contribution >= 0.6 is 0 Å². The van der Waals surface area contributed by atoms with Gasteiger partial charge in [-0.05, 0) is 44.7 Å². The molecule has 1 fully saturated rings. The predicted molar refractivity (Wildman–Crippen MR) is 119 cm³/mol. The highest BCUT2D eigenvalue weighted by molar-refractivity contribution is 6.02. The van der Waals surface area contributed by atoms with Crippen molar-refractivity contribution in [3.63, 3.8) is 0 Å². The second kappa shape index (κ2) is 7.46. The van der Waals surface area contributed by atoms with Crippen molar-refractivity contribution in [2.24, 2.45) is 5.92 Å². The molecule has 1 saturated carbocycles. The van der Waals surface area contributed by atoms with E-state index in [4.69, 9.17) is 4.98 Å². The second-order valence-corrected chi connectivity index (χ2v) is 8.52. The van der Waals surface area contributed by atoms with Gasteiger partial charge in [-0.1, -0.05) is 0 Å². The van der Waals surface area contributed by atoms with Crippen LogP contribution in [0.15, 0.2) is 36.8 Å². The van der Waals surface area contributed by atoms with Gasteiger partial charge in [0, 0.05) is 48.9 Å². The van der Waals surface area contributed by atoms with Crippen molar-refractivity contribution >= 4 is 28.3 Å². The quantitative estimate of drug-likeness (QED) is 0.463. The Labute approximate surface area is 179 Å². The molecule has 0 saturated heterocycles. The monoisotopic (exact) mass is 418 g/mol. The summed E-state index contributed by atoms with van der Waals surface area (Å²) < 4.78 is 3.80. The number of hydrogen-bond donors (Lipinski definition) is 2. The lowest BCUT2D eigenvalue weighted by molar-refractivity contribution is 0.0199. The third-order valence-corrected chi connectivity index (χ3v) is 6.28. The minimum absolute atomic E-state index is 0.0308. The number of Topliss-reactive ketones (excluding diaryl/α,β-unsaturated/α-hetero) is 1. The lowest BCUT2D eigenvalue weighted by atomic mass is 9.78. The molecule has 5 rings (SSSR count). The topological polar surface area (TPSA) is 97.3 Å². The summed E-state index contributed by atoms with van der Waals surface area (Å²) in [6.07, 6.45) is 7.05. The summed E-state index contributed by atoms with van der Waals surface area (Å²) in [5.74, 6) is 0.748. The van der Waals surface area contributed by atoms with E-state index in [1.807, 2.05) is 25.2 Å². The molecule has 1 unspecified atom stereocenters. The van der Waals surface area contributed by atoms with E-state index in [-0.39, 0.29) is 23.8 Å². The third kappa shape index (κ3) is 3.18. The van der Waals surface area contributed by atoms with Crippen molar-refractivity contribution < 1.29 is 9.90 Å². The number of aromatic nitrogens is 5. The zero-order valence-electron chi connectivity index (χ0n) is 17.9. The minimum Gasteiger partial charge on any atom is -0.393 e. The van der Waals surface area contributed by atoms with E-state index in [1.54, 1.807) is 16.9 Å². The van der Waals surface area contributed by atoms with Crippen LogP contribution in [0, 0.1) is 5.92 Å². The number of pyridine rings is 1. The molecule has 4 aromatic heterocycles. The molecule has 8 heteroatoms. The Morgan fingerprint density at radius 1 is 1.32 bits per heavy atom. The largest absolute Gasteiger partial charge is 0.393 e. The normalized spacial score (nSPS) is 18.6. The highest BCUT2D eigenvalue weighted by atomic mass is 16.3. The van der Waals surface area contributed by atoms with Crippen LogP contribution < -0.4 is 5.32 Å². The molecule has 4 heterocycles. The molecule has 2 atom stereocenters. The Kier molecular flexibility index (Phi) is 4.74. The molecule has 0 bridgehead atoms. The number of hydrogen-bond acceptors (Lipinski definition) is 6. The Balaban J connectivity index is 1.65. The van der Waals surface area contributed by atoms with Gasteiger partial charge in [-0.15, -0.1) is 0 Å². The van der Waals surface area contributed by atoms with Crippen molar-refractivity contribution in [3.05, 3.63) is 42.4 Å². The van der Waals surface area contributed by atoms with Gasteiger partial charge in [0.1, 0.15) is 11.5 Å². The summed E-state index contributed by atoms with van der Waals surface area (Å²) in [6.45, 7) is 4.24. The average molecular weight is 419 g/mol. The SMILES string of the molecule is CNc1cc(-c2cn(C(C)C)c3ncccc23)nc2c(C(=O)CC3CC[C@H]3O)cnn12. The van der Waals surface area contributed by atoms with Crippen molar-refractivity contribution in [3.8, 4) is 11.3 Å². The van der Waals surface area contributed by atoms with Crippen molar-refractivity contribution in [1.82, 2.24) is 24.1 Å². The molecular weight excluding hydrogens is 392 g/mol. The summed E-state index contributed by atoms with van der Waals surface area (Å²) in [6, 6.07) is 6.16. The average Bonchev–Trinajstić information content (AvgIpc) is 3.37. The van der Waals surface area contributed by atoms with Crippen LogP contribution in [-0.2, 0) is 0 Å². The van der Waals surface area contributed by atoms with E-state index in [0.29, 0.717) is 17.6 Å². The number of carbonyl (C=O) groups excluding carboxylic acids is 1. The number of rotatable bonds is 6. The molecule has 160 valence electrons. The summed E-state index contributed by atoms with van der Waals surface area (Å²) in [5.41, 5.74) is 3.64. The van der Waals surface area contributed by atoms with Crippen LogP contribution in [0.5, 0.6) is 0 Å². The van der Waals surface area contributed by atoms with Crippen LogP contribution in [0.25, 0.3) is 27.9 Å². The lowest BCUT2D eigenvalue weighted by Gasteiger charge is -2.31. The first-order valence-electron chi connectivity index (χ1n) is 10.7. The van der Waals surface area contributed by atoms with E-state index in [2.05, 4.69) is 40.0 Å². The van der Waals surface area contributed by atoms with Crippen LogP contribution in [0.4, 0.5) is 5.82 Å². The molecule has 0 aromatic carbocycles. The zero-order chi connectivity index (χ0) is 21.7. The first-order chi connectivity index (χ1) is 15.0. The second-order valence-electron chi connectivity index (χ2n) is 8.52. The van der Waals surface area contributed by atoms with Gasteiger partial charge in [-0.3, -0.25) is 4.79 Å². The first-order valence-corrected chi connectivity index (χ1v) is 10.7. The fourth-order valence-electron chi connectivity index (χ4n) is 4.29. The highest BCUT2D eigenvalue weighted by Crippen LogP contribution is 2.34. The van der Waals surface area contributed by atoms with Gasteiger partial charge in [-0.25, -0.2) is 9.97 Å². The van der Waals surface area contributed by atoms with Crippen LogP contribution in [0.1, 0.15) is 49.5 Å². The molecule has 4 aromatic rings. The minimum atomic E-state index is -0.378. The Morgan fingerprint density at radius 2 is 2.16 bits per heavy atom. The van der Waals surface area contributed by atoms with E-state index < -0.39 is 0 Å². The summed E-state index contributed by atoms with van der Waals surface area (Å²) in [7, 11) is 1.82. The summed E-state index contributed by atoms with van der Waals surface area (Å²) >= 11 is 0. The van der Waals surface area contributed by atoms with Gasteiger partial charge in [0.05, 0.1) is 23.6 Å². The number of anilines is 1. The van der Waals surface area contributed by atoms with Crippen LogP contribution in [0.3, 0.4) is 0 Å². The number of nitrogens with one attached hydrogen (secondary N) is 1. The Bertz CT molecular complexity index is 1290.